The van der Waals surface area contributed by atoms with E-state index in [1.54, 1.807) is 12.1 Å². The minimum absolute atomic E-state index is 0.0983. The Morgan fingerprint density at radius 2 is 1.95 bits per heavy atom. The molecule has 3 saturated heterocycles. The van der Waals surface area contributed by atoms with Crippen LogP contribution in [0.2, 0.25) is 0 Å². The third-order valence-electron chi connectivity index (χ3n) is 4.78. The molecule has 0 spiro atoms. The molecule has 3 heterocycles. The first-order valence-corrected chi connectivity index (χ1v) is 7.64. The summed E-state index contributed by atoms with van der Waals surface area (Å²) in [5.41, 5.74) is 6.62. The van der Waals surface area contributed by atoms with Crippen LogP contribution in [0.25, 0.3) is 0 Å². The summed E-state index contributed by atoms with van der Waals surface area (Å²) in [4.78, 5) is 17.2. The number of nitrogens with two attached hydrogens (primary N) is 1. The minimum Gasteiger partial charge on any atom is -0.333 e. The molecule has 5 heteroatoms. The van der Waals surface area contributed by atoms with Gasteiger partial charge < -0.3 is 10.6 Å². The lowest BCUT2D eigenvalue weighted by Crippen LogP contribution is -2.70. The lowest BCUT2D eigenvalue weighted by atomic mass is 9.84. The Labute approximate surface area is 124 Å². The summed E-state index contributed by atoms with van der Waals surface area (Å²) >= 11 is 0. The molecule has 1 aromatic rings. The first-order chi connectivity index (χ1) is 10.1. The van der Waals surface area contributed by atoms with Crippen LogP contribution >= 0.6 is 0 Å². The molecule has 4 rings (SSSR count). The molecule has 3 unspecified atom stereocenters. The smallest absolute Gasteiger partial charge is 0.231 e. The molecule has 1 aromatic carbocycles. The first kappa shape index (κ1) is 14.5. The number of fused-ring (bicyclic) bond motifs is 2. The highest BCUT2D eigenvalue weighted by molar-refractivity contribution is 5.85. The molecule has 2 N–H and O–H groups in total. The molecule has 4 nitrogen and oxygen atoms in total. The fraction of sp³-hybridized carbons (Fsp3) is 0.562. The lowest BCUT2D eigenvalue weighted by molar-refractivity contribution is -0.155. The van der Waals surface area contributed by atoms with Crippen LogP contribution in [0, 0.1) is 5.82 Å². The van der Waals surface area contributed by atoms with Gasteiger partial charge in [0.1, 0.15) is 5.82 Å². The second-order valence-corrected chi connectivity index (χ2v) is 5.98. The molecule has 21 heavy (non-hydrogen) atoms. The summed E-state index contributed by atoms with van der Waals surface area (Å²) in [6.07, 6.45) is 1.10. The van der Waals surface area contributed by atoms with Crippen molar-refractivity contribution in [3.8, 4) is 0 Å². The van der Waals surface area contributed by atoms with Gasteiger partial charge in [0.05, 0.1) is 5.92 Å². The summed E-state index contributed by atoms with van der Waals surface area (Å²) in [6.45, 7) is 5.36. The normalized spacial score (nSPS) is 26.3. The van der Waals surface area contributed by atoms with Crippen molar-refractivity contribution >= 4 is 5.91 Å². The Kier molecular flexibility index (Phi) is 3.95. The van der Waals surface area contributed by atoms with Crippen LogP contribution in [0.4, 0.5) is 4.39 Å². The third-order valence-corrected chi connectivity index (χ3v) is 4.78. The number of piperazine rings is 1. The average molecular weight is 291 g/mol. The molecule has 0 aliphatic carbocycles. The van der Waals surface area contributed by atoms with Gasteiger partial charge in [0.25, 0.3) is 0 Å². The van der Waals surface area contributed by atoms with Crippen LogP contribution in [-0.4, -0.2) is 54.0 Å². The highest BCUT2D eigenvalue weighted by Crippen LogP contribution is 2.35. The van der Waals surface area contributed by atoms with Crippen LogP contribution in [0.1, 0.15) is 24.8 Å². The number of hydrogen-bond acceptors (Lipinski definition) is 3. The van der Waals surface area contributed by atoms with Crippen molar-refractivity contribution in [3.05, 3.63) is 35.6 Å². The number of amides is 1. The van der Waals surface area contributed by atoms with Gasteiger partial charge in [0, 0.05) is 31.7 Å². The van der Waals surface area contributed by atoms with E-state index in [2.05, 4.69) is 11.8 Å². The monoisotopic (exact) mass is 291 g/mol. The number of rotatable bonds is 4. The standard InChI is InChI=1S/C16H22FN3O/c1-2-19-9-13-7-14(10-19)20(13)16(21)15(8-18)11-3-5-12(17)6-4-11/h3-6,13-15H,2,7-10,18H2,1H3. The number of carbonyl (C=O) groups is 1. The Hall–Kier alpha value is -1.46. The Morgan fingerprint density at radius 1 is 1.33 bits per heavy atom. The fourth-order valence-corrected chi connectivity index (χ4v) is 3.57. The van der Waals surface area contributed by atoms with Gasteiger partial charge in [-0.3, -0.25) is 9.69 Å². The van der Waals surface area contributed by atoms with Gasteiger partial charge in [-0.05, 0) is 30.7 Å². The number of halogens is 1. The van der Waals surface area contributed by atoms with Crippen LogP contribution < -0.4 is 5.73 Å². The van der Waals surface area contributed by atoms with Crippen molar-refractivity contribution in [1.82, 2.24) is 9.80 Å². The van der Waals surface area contributed by atoms with E-state index in [0.29, 0.717) is 12.1 Å². The maximum atomic E-state index is 13.0. The van der Waals surface area contributed by atoms with E-state index in [4.69, 9.17) is 5.73 Å². The van der Waals surface area contributed by atoms with E-state index in [0.717, 1.165) is 31.6 Å². The number of nitrogens with zero attached hydrogens (tertiary/aromatic N) is 2. The Balaban J connectivity index is 1.74. The molecular weight excluding hydrogens is 269 g/mol. The second-order valence-electron chi connectivity index (χ2n) is 5.98. The lowest BCUT2D eigenvalue weighted by Gasteiger charge is -2.57. The topological polar surface area (TPSA) is 49.6 Å². The second kappa shape index (κ2) is 5.73. The predicted octanol–water partition coefficient (Wildman–Crippen LogP) is 1.17. The van der Waals surface area contributed by atoms with E-state index < -0.39 is 0 Å². The summed E-state index contributed by atoms with van der Waals surface area (Å²) in [5.74, 6) is -0.549. The molecule has 0 radical (unpaired) electrons. The van der Waals surface area contributed by atoms with Crippen molar-refractivity contribution < 1.29 is 9.18 Å². The number of piperidine rings is 1. The van der Waals surface area contributed by atoms with E-state index >= 15 is 0 Å². The van der Waals surface area contributed by atoms with Crippen LogP contribution in [0.5, 0.6) is 0 Å². The Morgan fingerprint density at radius 3 is 2.48 bits per heavy atom. The largest absolute Gasteiger partial charge is 0.333 e. The predicted molar refractivity (Wildman–Crippen MR) is 79.3 cm³/mol. The summed E-state index contributed by atoms with van der Waals surface area (Å²) in [7, 11) is 0. The van der Waals surface area contributed by atoms with Gasteiger partial charge in [-0.15, -0.1) is 0 Å². The van der Waals surface area contributed by atoms with Crippen LogP contribution in [0.3, 0.4) is 0 Å². The zero-order valence-corrected chi connectivity index (χ0v) is 12.3. The van der Waals surface area contributed by atoms with Crippen molar-refractivity contribution in [2.75, 3.05) is 26.2 Å². The summed E-state index contributed by atoms with van der Waals surface area (Å²) < 4.78 is 13.0. The SMILES string of the molecule is CCN1CC2CC(C1)N2C(=O)C(CN)c1ccc(F)cc1. The maximum absolute atomic E-state index is 13.0. The average Bonchev–Trinajstić information content (AvgIpc) is 2.50. The van der Waals surface area contributed by atoms with Crippen LogP contribution in [0.15, 0.2) is 24.3 Å². The van der Waals surface area contributed by atoms with Crippen LogP contribution in [-0.2, 0) is 4.79 Å². The van der Waals surface area contributed by atoms with Crippen molar-refractivity contribution in [2.45, 2.75) is 31.3 Å². The van der Waals surface area contributed by atoms with Gasteiger partial charge in [0.15, 0.2) is 0 Å². The van der Waals surface area contributed by atoms with E-state index in [-0.39, 0.29) is 24.2 Å². The molecule has 0 saturated carbocycles. The quantitative estimate of drug-likeness (QED) is 0.906. The number of benzene rings is 1. The third kappa shape index (κ3) is 2.56. The van der Waals surface area contributed by atoms with Gasteiger partial charge >= 0.3 is 0 Å². The van der Waals surface area contributed by atoms with E-state index in [1.165, 1.54) is 12.1 Å². The van der Waals surface area contributed by atoms with Gasteiger partial charge in [-0.25, -0.2) is 4.39 Å². The first-order valence-electron chi connectivity index (χ1n) is 7.64. The minimum atomic E-state index is -0.357. The number of hydrogen-bond donors (Lipinski definition) is 1. The molecule has 3 aliphatic heterocycles. The van der Waals surface area contributed by atoms with Crippen molar-refractivity contribution in [3.63, 3.8) is 0 Å². The van der Waals surface area contributed by atoms with Gasteiger partial charge in [0.2, 0.25) is 5.91 Å². The molecule has 0 aromatic heterocycles. The summed E-state index contributed by atoms with van der Waals surface area (Å²) in [5, 5.41) is 0. The van der Waals surface area contributed by atoms with Crippen molar-refractivity contribution in [2.24, 2.45) is 5.73 Å². The van der Waals surface area contributed by atoms with E-state index in [9.17, 15) is 9.18 Å². The zero-order valence-electron chi connectivity index (χ0n) is 12.3. The molecule has 3 aliphatic rings. The highest BCUT2D eigenvalue weighted by Gasteiger charge is 2.48. The maximum Gasteiger partial charge on any atom is 0.231 e. The fourth-order valence-electron chi connectivity index (χ4n) is 3.57. The summed E-state index contributed by atoms with van der Waals surface area (Å²) in [6, 6.07) is 6.76. The van der Waals surface area contributed by atoms with Gasteiger partial charge in [-0.1, -0.05) is 19.1 Å². The molecule has 114 valence electrons. The molecule has 3 atom stereocenters. The molecule has 1 amide bonds. The Bertz CT molecular complexity index is 507. The zero-order chi connectivity index (χ0) is 15.0. The molecular formula is C16H22FN3O. The molecule has 3 fully saturated rings. The number of likely N-dealkylation sites (N-methyl/N-ethyl adjacent to an activating group) is 1. The van der Waals surface area contributed by atoms with Crippen molar-refractivity contribution in [1.29, 1.82) is 0 Å². The van der Waals surface area contributed by atoms with E-state index in [1.807, 2.05) is 4.90 Å². The molecule has 2 bridgehead atoms. The number of carbonyl (C=O) groups excluding carboxylic acids is 1. The van der Waals surface area contributed by atoms with Gasteiger partial charge in [-0.2, -0.15) is 0 Å². The highest BCUT2D eigenvalue weighted by atomic mass is 19.1.